The maximum atomic E-state index is 13.4. The monoisotopic (exact) mass is 295 g/mol. The van der Waals surface area contributed by atoms with Gasteiger partial charge in [0.15, 0.2) is 5.82 Å². The molecule has 21 heavy (non-hydrogen) atoms. The van der Waals surface area contributed by atoms with Crippen molar-refractivity contribution in [3.63, 3.8) is 0 Å². The summed E-state index contributed by atoms with van der Waals surface area (Å²) in [5.41, 5.74) is 4.10. The molecule has 10 nitrogen and oxygen atoms in total. The molecule has 1 atom stereocenters. The van der Waals surface area contributed by atoms with Crippen molar-refractivity contribution in [3.8, 4) is 0 Å². The van der Waals surface area contributed by atoms with Gasteiger partial charge < -0.3 is 11.1 Å². The van der Waals surface area contributed by atoms with Crippen molar-refractivity contribution >= 4 is 17.3 Å². The van der Waals surface area contributed by atoms with Crippen molar-refractivity contribution in [2.24, 2.45) is 0 Å². The predicted molar refractivity (Wildman–Crippen MR) is 67.5 cm³/mol. The van der Waals surface area contributed by atoms with Crippen molar-refractivity contribution in [3.05, 3.63) is 39.5 Å². The Morgan fingerprint density at radius 3 is 2.86 bits per heavy atom. The Morgan fingerprint density at radius 2 is 2.29 bits per heavy atom. The fraction of sp³-hybridized carbons (Fsp3) is 0.200. The minimum atomic E-state index is -0.937. The highest BCUT2D eigenvalue weighted by molar-refractivity contribution is 6.01. The van der Waals surface area contributed by atoms with Gasteiger partial charge in [0.05, 0.1) is 22.6 Å². The van der Waals surface area contributed by atoms with E-state index < -0.39 is 34.1 Å². The Morgan fingerprint density at radius 1 is 1.57 bits per heavy atom. The van der Waals surface area contributed by atoms with E-state index in [0.29, 0.717) is 6.07 Å². The number of anilines is 1. The van der Waals surface area contributed by atoms with Crippen LogP contribution < -0.4 is 11.1 Å². The quantitative estimate of drug-likeness (QED) is 0.417. The summed E-state index contributed by atoms with van der Waals surface area (Å²) in [6, 6.07) is 0.827. The number of nitro benzene ring substituents is 1. The number of carbonyl (C=O) groups is 1. The summed E-state index contributed by atoms with van der Waals surface area (Å²) in [7, 11) is 0. The highest BCUT2D eigenvalue weighted by Crippen LogP contribution is 2.27. The zero-order valence-electron chi connectivity index (χ0n) is 10.7. The molecule has 0 saturated carbocycles. The first-order chi connectivity index (χ1) is 9.90. The summed E-state index contributed by atoms with van der Waals surface area (Å²) in [6.07, 6.45) is 0. The van der Waals surface area contributed by atoms with Gasteiger partial charge in [0.1, 0.15) is 11.5 Å². The number of carbonyl (C=O) groups excluding carboxylic acids is 1. The van der Waals surface area contributed by atoms with E-state index in [1.165, 1.54) is 0 Å². The van der Waals surface area contributed by atoms with Crippen molar-refractivity contribution in [2.45, 2.75) is 13.0 Å². The average Bonchev–Trinajstić information content (AvgIpc) is 2.94. The van der Waals surface area contributed by atoms with Gasteiger partial charge >= 0.3 is 0 Å². The number of aromatic nitrogens is 4. The molecule has 0 aliphatic carbocycles. The Hall–Kier alpha value is -3.11. The molecule has 0 aliphatic heterocycles. The summed E-state index contributed by atoms with van der Waals surface area (Å²) >= 11 is 0. The largest absolute Gasteiger partial charge is 0.393 e. The van der Waals surface area contributed by atoms with Gasteiger partial charge in [0.25, 0.3) is 11.6 Å². The second-order valence-electron chi connectivity index (χ2n) is 4.11. The van der Waals surface area contributed by atoms with Crippen LogP contribution in [-0.2, 0) is 0 Å². The average molecular weight is 295 g/mol. The van der Waals surface area contributed by atoms with Crippen LogP contribution >= 0.6 is 0 Å². The lowest BCUT2D eigenvalue weighted by molar-refractivity contribution is -0.384. The summed E-state index contributed by atoms with van der Waals surface area (Å²) < 4.78 is 13.4. The molecule has 0 fully saturated rings. The van der Waals surface area contributed by atoms with Crippen LogP contribution in [0.5, 0.6) is 0 Å². The maximum Gasteiger partial charge on any atom is 0.295 e. The lowest BCUT2D eigenvalue weighted by Gasteiger charge is -2.11. The van der Waals surface area contributed by atoms with Crippen LogP contribution in [0.1, 0.15) is 29.1 Å². The number of aromatic amines is 1. The van der Waals surface area contributed by atoms with Gasteiger partial charge in [-0.3, -0.25) is 14.9 Å². The number of nitrogen functional groups attached to an aromatic ring is 1. The van der Waals surface area contributed by atoms with Crippen molar-refractivity contribution < 1.29 is 14.1 Å². The number of H-pyrrole nitrogens is 1. The predicted octanol–water partition coefficient (Wildman–Crippen LogP) is 0.320. The van der Waals surface area contributed by atoms with E-state index in [0.717, 1.165) is 6.07 Å². The summed E-state index contributed by atoms with van der Waals surface area (Å²) in [6.45, 7) is 1.56. The topological polar surface area (TPSA) is 153 Å². The third-order valence-corrected chi connectivity index (χ3v) is 2.66. The number of tetrazole rings is 1. The van der Waals surface area contributed by atoms with Crippen LogP contribution in [-0.4, -0.2) is 31.5 Å². The Labute approximate surface area is 116 Å². The lowest BCUT2D eigenvalue weighted by Crippen LogP contribution is -2.28. The summed E-state index contributed by atoms with van der Waals surface area (Å²) in [5, 5.41) is 26.1. The molecular weight excluding hydrogens is 285 g/mol. The van der Waals surface area contributed by atoms with Gasteiger partial charge in [-0.15, -0.1) is 10.2 Å². The van der Waals surface area contributed by atoms with Crippen LogP contribution in [0.25, 0.3) is 0 Å². The highest BCUT2D eigenvalue weighted by atomic mass is 19.1. The number of hydrogen-bond acceptors (Lipinski definition) is 7. The van der Waals surface area contributed by atoms with E-state index in [1.54, 1.807) is 6.92 Å². The smallest absolute Gasteiger partial charge is 0.295 e. The fourth-order valence-corrected chi connectivity index (χ4v) is 1.63. The molecule has 0 radical (unpaired) electrons. The molecular formula is C10H10FN7O3. The molecule has 2 rings (SSSR count). The first-order valence-electron chi connectivity index (χ1n) is 5.67. The fourth-order valence-electron chi connectivity index (χ4n) is 1.63. The van der Waals surface area contributed by atoms with Crippen molar-refractivity contribution in [2.75, 3.05) is 5.73 Å². The Kier molecular flexibility index (Phi) is 3.73. The van der Waals surface area contributed by atoms with Crippen LogP contribution in [0, 0.1) is 15.9 Å². The molecule has 2 aromatic rings. The molecule has 0 spiro atoms. The zero-order valence-corrected chi connectivity index (χ0v) is 10.7. The van der Waals surface area contributed by atoms with Gasteiger partial charge in [-0.1, -0.05) is 5.21 Å². The van der Waals surface area contributed by atoms with E-state index in [1.807, 2.05) is 0 Å². The van der Waals surface area contributed by atoms with Crippen LogP contribution in [0.15, 0.2) is 12.1 Å². The molecule has 110 valence electrons. The van der Waals surface area contributed by atoms with E-state index in [-0.39, 0.29) is 11.4 Å². The standard InChI is InChI=1S/C10H10FN7O3/c1-4(9-14-16-17-15-9)13-10(19)6-2-5(11)3-7(8(6)12)18(20)21/h2-4H,12H2,1H3,(H,13,19)(H,14,15,16,17). The number of amides is 1. The van der Waals surface area contributed by atoms with Crippen LogP contribution in [0.4, 0.5) is 15.8 Å². The highest BCUT2D eigenvalue weighted by Gasteiger charge is 2.23. The van der Waals surface area contributed by atoms with Gasteiger partial charge in [0.2, 0.25) is 0 Å². The minimum Gasteiger partial charge on any atom is -0.393 e. The second kappa shape index (κ2) is 5.48. The van der Waals surface area contributed by atoms with Gasteiger partial charge in [-0.25, -0.2) is 4.39 Å². The number of nitrogens with one attached hydrogen (secondary N) is 2. The van der Waals surface area contributed by atoms with Gasteiger partial charge in [-0.05, 0) is 13.0 Å². The van der Waals surface area contributed by atoms with E-state index in [9.17, 15) is 19.3 Å². The van der Waals surface area contributed by atoms with E-state index >= 15 is 0 Å². The first-order valence-corrected chi connectivity index (χ1v) is 5.67. The molecule has 1 heterocycles. The maximum absolute atomic E-state index is 13.4. The number of hydrogen-bond donors (Lipinski definition) is 3. The van der Waals surface area contributed by atoms with Crippen molar-refractivity contribution in [1.82, 2.24) is 25.9 Å². The number of halogens is 1. The number of rotatable bonds is 4. The molecule has 1 aromatic carbocycles. The van der Waals surface area contributed by atoms with Crippen LogP contribution in [0.3, 0.4) is 0 Å². The molecule has 0 aliphatic rings. The normalized spacial score (nSPS) is 11.9. The minimum absolute atomic E-state index is 0.202. The van der Waals surface area contributed by atoms with Crippen molar-refractivity contribution in [1.29, 1.82) is 0 Å². The molecule has 1 unspecified atom stereocenters. The lowest BCUT2D eigenvalue weighted by atomic mass is 10.1. The molecule has 1 amide bonds. The molecule has 11 heteroatoms. The molecule has 0 saturated heterocycles. The molecule has 1 aromatic heterocycles. The molecule has 4 N–H and O–H groups in total. The number of nitrogens with zero attached hydrogens (tertiary/aromatic N) is 4. The third kappa shape index (κ3) is 2.91. The number of nitrogens with two attached hydrogens (primary N) is 1. The summed E-state index contributed by atoms with van der Waals surface area (Å²) in [4.78, 5) is 21.9. The number of nitro groups is 1. The number of benzene rings is 1. The SMILES string of the molecule is CC(NC(=O)c1cc(F)cc([N+](=O)[O-])c1N)c1nn[nH]n1. The third-order valence-electron chi connectivity index (χ3n) is 2.66. The molecule has 0 bridgehead atoms. The first kappa shape index (κ1) is 14.3. The zero-order chi connectivity index (χ0) is 15.6. The van der Waals surface area contributed by atoms with Crippen LogP contribution in [0.2, 0.25) is 0 Å². The van der Waals surface area contributed by atoms with E-state index in [4.69, 9.17) is 5.73 Å². The summed E-state index contributed by atoms with van der Waals surface area (Å²) in [5.74, 6) is -1.52. The van der Waals surface area contributed by atoms with E-state index in [2.05, 4.69) is 25.9 Å². The second-order valence-corrected chi connectivity index (χ2v) is 4.11. The Balaban J connectivity index is 2.29. The van der Waals surface area contributed by atoms with Gasteiger partial charge in [0, 0.05) is 0 Å². The Bertz CT molecular complexity index is 688. The van der Waals surface area contributed by atoms with Gasteiger partial charge in [-0.2, -0.15) is 5.21 Å².